The summed E-state index contributed by atoms with van der Waals surface area (Å²) in [5.41, 5.74) is 1.03. The van der Waals surface area contributed by atoms with Crippen LogP contribution < -0.4 is 0 Å². The molecule has 2 nitrogen and oxygen atoms in total. The Morgan fingerprint density at radius 1 is 0.944 bits per heavy atom. The molecule has 0 spiro atoms. The van der Waals surface area contributed by atoms with Crippen LogP contribution in [0.25, 0.3) is 11.1 Å². The van der Waals surface area contributed by atoms with Crippen LogP contribution in [-0.2, 0) is 0 Å². The normalized spacial score (nSPS) is 11.3. The van der Waals surface area contributed by atoms with Crippen molar-refractivity contribution in [2.75, 3.05) is 0 Å². The molecule has 2 heteroatoms. The summed E-state index contributed by atoms with van der Waals surface area (Å²) in [4.78, 5) is 12.2. The lowest BCUT2D eigenvalue weighted by molar-refractivity contribution is 0.0488. The van der Waals surface area contributed by atoms with Gasteiger partial charge in [-0.3, -0.25) is 4.79 Å². The van der Waals surface area contributed by atoms with Gasteiger partial charge >= 0.3 is 0 Å². The molecule has 0 radical (unpaired) electrons. The smallest absolute Gasteiger partial charge is 0.194 e. The van der Waals surface area contributed by atoms with Gasteiger partial charge < -0.3 is 5.11 Å². The standard InChI is InChI=1S/C16H16O2/c1-16(2,18)15(17)14-11-7-6-10-13(14)12-8-4-3-5-9-12/h3-11,18H,1-2H3. The van der Waals surface area contributed by atoms with Crippen molar-refractivity contribution in [2.45, 2.75) is 19.4 Å². The van der Waals surface area contributed by atoms with Crippen molar-refractivity contribution in [2.24, 2.45) is 0 Å². The zero-order chi connectivity index (χ0) is 13.2. The van der Waals surface area contributed by atoms with Crippen LogP contribution in [0.15, 0.2) is 54.6 Å². The fourth-order valence-corrected chi connectivity index (χ4v) is 1.88. The van der Waals surface area contributed by atoms with Gasteiger partial charge in [0, 0.05) is 5.56 Å². The Morgan fingerprint density at radius 3 is 2.11 bits per heavy atom. The van der Waals surface area contributed by atoms with Gasteiger partial charge in [0.1, 0.15) is 5.60 Å². The first-order valence-electron chi connectivity index (χ1n) is 5.92. The van der Waals surface area contributed by atoms with E-state index in [1.807, 2.05) is 48.5 Å². The van der Waals surface area contributed by atoms with Gasteiger partial charge in [-0.1, -0.05) is 54.6 Å². The molecule has 0 aliphatic rings. The second kappa shape index (κ2) is 4.75. The summed E-state index contributed by atoms with van der Waals surface area (Å²) in [6.07, 6.45) is 0. The van der Waals surface area contributed by atoms with Crippen LogP contribution in [0.3, 0.4) is 0 Å². The highest BCUT2D eigenvalue weighted by atomic mass is 16.3. The largest absolute Gasteiger partial charge is 0.382 e. The average molecular weight is 240 g/mol. The SMILES string of the molecule is CC(C)(O)C(=O)c1ccccc1-c1ccccc1. The Labute approximate surface area is 107 Å². The predicted molar refractivity (Wildman–Crippen MR) is 72.5 cm³/mol. The van der Waals surface area contributed by atoms with Gasteiger partial charge in [-0.05, 0) is 25.0 Å². The maximum absolute atomic E-state index is 12.2. The van der Waals surface area contributed by atoms with E-state index >= 15 is 0 Å². The fourth-order valence-electron chi connectivity index (χ4n) is 1.88. The Balaban J connectivity index is 2.54. The molecule has 0 aliphatic heterocycles. The Bertz CT molecular complexity index is 551. The highest BCUT2D eigenvalue weighted by Crippen LogP contribution is 2.26. The number of ketones is 1. The molecule has 92 valence electrons. The second-order valence-electron chi connectivity index (χ2n) is 4.80. The van der Waals surface area contributed by atoms with E-state index in [4.69, 9.17) is 0 Å². The minimum atomic E-state index is -1.36. The number of carbonyl (C=O) groups excluding carboxylic acids is 1. The Morgan fingerprint density at radius 2 is 1.50 bits per heavy atom. The number of hydrogen-bond donors (Lipinski definition) is 1. The quantitative estimate of drug-likeness (QED) is 0.836. The van der Waals surface area contributed by atoms with E-state index in [1.54, 1.807) is 6.07 Å². The van der Waals surface area contributed by atoms with Crippen LogP contribution in [0.5, 0.6) is 0 Å². The van der Waals surface area contributed by atoms with Gasteiger partial charge in [-0.2, -0.15) is 0 Å². The van der Waals surface area contributed by atoms with Gasteiger partial charge in [-0.25, -0.2) is 0 Å². The predicted octanol–water partition coefficient (Wildman–Crippen LogP) is 3.31. The Hall–Kier alpha value is -1.93. The molecule has 0 aliphatic carbocycles. The molecule has 0 amide bonds. The monoisotopic (exact) mass is 240 g/mol. The van der Waals surface area contributed by atoms with Crippen LogP contribution in [0, 0.1) is 0 Å². The van der Waals surface area contributed by atoms with Crippen molar-refractivity contribution in [3.63, 3.8) is 0 Å². The maximum Gasteiger partial charge on any atom is 0.194 e. The van der Waals surface area contributed by atoms with E-state index in [0.29, 0.717) is 5.56 Å². The summed E-state index contributed by atoms with van der Waals surface area (Å²) in [5, 5.41) is 9.86. The summed E-state index contributed by atoms with van der Waals surface area (Å²) in [6, 6.07) is 17.1. The number of hydrogen-bond acceptors (Lipinski definition) is 2. The lowest BCUT2D eigenvalue weighted by atomic mass is 9.90. The highest BCUT2D eigenvalue weighted by Gasteiger charge is 2.27. The van der Waals surface area contributed by atoms with Gasteiger partial charge in [0.2, 0.25) is 0 Å². The average Bonchev–Trinajstić information content (AvgIpc) is 2.38. The van der Waals surface area contributed by atoms with Crippen molar-refractivity contribution < 1.29 is 9.90 Å². The van der Waals surface area contributed by atoms with E-state index in [1.165, 1.54) is 13.8 Å². The van der Waals surface area contributed by atoms with Gasteiger partial charge in [0.15, 0.2) is 5.78 Å². The molecule has 1 N–H and O–H groups in total. The van der Waals surface area contributed by atoms with Crippen LogP contribution >= 0.6 is 0 Å². The Kier molecular flexibility index (Phi) is 3.30. The first kappa shape index (κ1) is 12.5. The molecule has 0 saturated carbocycles. The summed E-state index contributed by atoms with van der Waals surface area (Å²) in [6.45, 7) is 3.02. The highest BCUT2D eigenvalue weighted by molar-refractivity contribution is 6.06. The number of Topliss-reactive ketones (excluding diaryl/α,β-unsaturated/α-hetero) is 1. The molecule has 0 heterocycles. The number of carbonyl (C=O) groups is 1. The van der Waals surface area contributed by atoms with E-state index in [2.05, 4.69) is 0 Å². The molecule has 2 rings (SSSR count). The van der Waals surface area contributed by atoms with Gasteiger partial charge in [0.05, 0.1) is 0 Å². The number of rotatable bonds is 3. The third-order valence-electron chi connectivity index (χ3n) is 2.81. The zero-order valence-electron chi connectivity index (χ0n) is 10.6. The van der Waals surface area contributed by atoms with Gasteiger partial charge in [-0.15, -0.1) is 0 Å². The van der Waals surface area contributed by atoms with E-state index in [9.17, 15) is 9.90 Å². The lowest BCUT2D eigenvalue weighted by Crippen LogP contribution is -2.31. The topological polar surface area (TPSA) is 37.3 Å². The molecule has 0 bridgehead atoms. The molecule has 2 aromatic rings. The van der Waals surface area contributed by atoms with Crippen LogP contribution in [0.1, 0.15) is 24.2 Å². The van der Waals surface area contributed by atoms with Crippen molar-refractivity contribution in [1.82, 2.24) is 0 Å². The number of aliphatic hydroxyl groups is 1. The third kappa shape index (κ3) is 2.49. The van der Waals surface area contributed by atoms with Crippen LogP contribution in [0.2, 0.25) is 0 Å². The maximum atomic E-state index is 12.2. The molecule has 0 aromatic heterocycles. The molecular weight excluding hydrogens is 224 g/mol. The lowest BCUT2D eigenvalue weighted by Gasteiger charge is -2.18. The summed E-state index contributed by atoms with van der Waals surface area (Å²) >= 11 is 0. The van der Waals surface area contributed by atoms with E-state index < -0.39 is 5.60 Å². The van der Waals surface area contributed by atoms with E-state index in [-0.39, 0.29) is 5.78 Å². The summed E-state index contributed by atoms with van der Waals surface area (Å²) in [7, 11) is 0. The van der Waals surface area contributed by atoms with Crippen LogP contribution in [0.4, 0.5) is 0 Å². The molecule has 0 atom stereocenters. The fraction of sp³-hybridized carbons (Fsp3) is 0.188. The first-order valence-corrected chi connectivity index (χ1v) is 5.92. The van der Waals surface area contributed by atoms with E-state index in [0.717, 1.165) is 11.1 Å². The van der Waals surface area contributed by atoms with Gasteiger partial charge in [0.25, 0.3) is 0 Å². The summed E-state index contributed by atoms with van der Waals surface area (Å²) in [5.74, 6) is -0.262. The molecule has 0 saturated heterocycles. The second-order valence-corrected chi connectivity index (χ2v) is 4.80. The molecule has 0 fully saturated rings. The number of benzene rings is 2. The van der Waals surface area contributed by atoms with Crippen molar-refractivity contribution in [3.05, 3.63) is 60.2 Å². The van der Waals surface area contributed by atoms with Crippen molar-refractivity contribution in [1.29, 1.82) is 0 Å². The summed E-state index contributed by atoms with van der Waals surface area (Å²) < 4.78 is 0. The molecule has 0 unspecified atom stereocenters. The minimum Gasteiger partial charge on any atom is -0.382 e. The first-order chi connectivity index (χ1) is 8.50. The third-order valence-corrected chi connectivity index (χ3v) is 2.81. The van der Waals surface area contributed by atoms with Crippen LogP contribution in [-0.4, -0.2) is 16.5 Å². The zero-order valence-corrected chi connectivity index (χ0v) is 10.6. The van der Waals surface area contributed by atoms with Crippen molar-refractivity contribution >= 4 is 5.78 Å². The van der Waals surface area contributed by atoms with Crippen molar-refractivity contribution in [3.8, 4) is 11.1 Å². The molecule has 2 aromatic carbocycles. The molecular formula is C16H16O2. The molecule has 18 heavy (non-hydrogen) atoms. The minimum absolute atomic E-state index is 0.262.